The topological polar surface area (TPSA) is 72.5 Å². The zero-order valence-corrected chi connectivity index (χ0v) is 15.2. The Morgan fingerprint density at radius 2 is 2.38 bits per heavy atom. The first-order valence-electron chi connectivity index (χ1n) is 9.51. The van der Waals surface area contributed by atoms with Gasteiger partial charge in [-0.25, -0.2) is 4.79 Å². The van der Waals surface area contributed by atoms with Crippen LogP contribution < -0.4 is 5.32 Å². The molecule has 4 heterocycles. The molecule has 1 saturated heterocycles. The number of hydrogen-bond donors (Lipinski definition) is 1. The van der Waals surface area contributed by atoms with E-state index in [4.69, 9.17) is 14.3 Å². The van der Waals surface area contributed by atoms with Gasteiger partial charge in [0.2, 0.25) is 0 Å². The van der Waals surface area contributed by atoms with Gasteiger partial charge in [0.05, 0.1) is 37.8 Å². The molecule has 0 aliphatic carbocycles. The van der Waals surface area contributed by atoms with Gasteiger partial charge in [0, 0.05) is 30.8 Å². The molecule has 0 aromatic carbocycles. The molecule has 0 saturated carbocycles. The Hall–Kier alpha value is -2.28. The number of rotatable bonds is 5. The molecule has 2 amide bonds. The number of carbonyl (C=O) groups excluding carboxylic acids is 1. The predicted molar refractivity (Wildman–Crippen MR) is 95.5 cm³/mol. The van der Waals surface area contributed by atoms with E-state index in [1.807, 2.05) is 17.0 Å². The lowest BCUT2D eigenvalue weighted by Gasteiger charge is -2.25. The molecule has 0 radical (unpaired) electrons. The van der Waals surface area contributed by atoms with Gasteiger partial charge in [-0.15, -0.1) is 0 Å². The molecule has 2 aromatic rings. The van der Waals surface area contributed by atoms with E-state index in [1.165, 1.54) is 11.3 Å². The number of furan rings is 1. The monoisotopic (exact) mass is 358 g/mol. The van der Waals surface area contributed by atoms with Crippen LogP contribution >= 0.6 is 0 Å². The van der Waals surface area contributed by atoms with Crippen LogP contribution in [0, 0.1) is 0 Å². The minimum atomic E-state index is -0.0561. The average Bonchev–Trinajstić information content (AvgIpc) is 3.40. The molecule has 7 nitrogen and oxygen atoms in total. The third-order valence-corrected chi connectivity index (χ3v) is 5.19. The van der Waals surface area contributed by atoms with Crippen molar-refractivity contribution < 1.29 is 13.9 Å². The molecule has 0 bridgehead atoms. The second-order valence-electron chi connectivity index (χ2n) is 6.93. The Labute approximate surface area is 153 Å². The number of nitrogens with one attached hydrogen (secondary N) is 1. The van der Waals surface area contributed by atoms with Crippen molar-refractivity contribution in [3.05, 3.63) is 41.1 Å². The quantitative estimate of drug-likeness (QED) is 0.892. The standard InChI is InChI=1S/C19H26N4O3/c1-2-8-23-16-7-11-25-13-15(16)18(21-23)17-6-3-9-22(17)19(24)20-12-14-5-4-10-26-14/h4-5,10,17H,2-3,6-9,11-13H2,1H3,(H,20,24). The van der Waals surface area contributed by atoms with Gasteiger partial charge in [0.15, 0.2) is 0 Å². The normalized spacial score (nSPS) is 19.6. The summed E-state index contributed by atoms with van der Waals surface area (Å²) in [5, 5.41) is 7.87. The van der Waals surface area contributed by atoms with Gasteiger partial charge >= 0.3 is 6.03 Å². The molecule has 1 N–H and O–H groups in total. The zero-order valence-electron chi connectivity index (χ0n) is 15.2. The number of nitrogens with zero attached hydrogens (tertiary/aromatic N) is 3. The van der Waals surface area contributed by atoms with Crippen molar-refractivity contribution in [1.29, 1.82) is 0 Å². The third-order valence-electron chi connectivity index (χ3n) is 5.19. The van der Waals surface area contributed by atoms with Crippen molar-refractivity contribution in [2.24, 2.45) is 0 Å². The molecule has 140 valence electrons. The van der Waals surface area contributed by atoms with Crippen molar-refractivity contribution >= 4 is 6.03 Å². The van der Waals surface area contributed by atoms with Gasteiger partial charge in [0.25, 0.3) is 0 Å². The smallest absolute Gasteiger partial charge is 0.318 e. The van der Waals surface area contributed by atoms with Gasteiger partial charge < -0.3 is 19.4 Å². The van der Waals surface area contributed by atoms with E-state index in [-0.39, 0.29) is 12.1 Å². The van der Waals surface area contributed by atoms with Gasteiger partial charge in [-0.1, -0.05) is 6.92 Å². The summed E-state index contributed by atoms with van der Waals surface area (Å²) >= 11 is 0. The van der Waals surface area contributed by atoms with Crippen LogP contribution in [0.5, 0.6) is 0 Å². The Morgan fingerprint density at radius 1 is 1.46 bits per heavy atom. The molecule has 2 aliphatic rings. The van der Waals surface area contributed by atoms with Crippen LogP contribution in [0.3, 0.4) is 0 Å². The Kier molecular flexibility index (Phi) is 4.97. The summed E-state index contributed by atoms with van der Waals surface area (Å²) in [7, 11) is 0. The maximum Gasteiger partial charge on any atom is 0.318 e. The van der Waals surface area contributed by atoms with Gasteiger partial charge in [-0.05, 0) is 31.4 Å². The van der Waals surface area contributed by atoms with Crippen LogP contribution in [0.2, 0.25) is 0 Å². The van der Waals surface area contributed by atoms with Gasteiger partial charge in [-0.3, -0.25) is 4.68 Å². The van der Waals surface area contributed by atoms with E-state index < -0.39 is 0 Å². The number of urea groups is 1. The Bertz CT molecular complexity index is 753. The zero-order chi connectivity index (χ0) is 17.9. The number of hydrogen-bond acceptors (Lipinski definition) is 4. The number of likely N-dealkylation sites (tertiary alicyclic amines) is 1. The van der Waals surface area contributed by atoms with Crippen LogP contribution in [-0.2, 0) is 30.9 Å². The van der Waals surface area contributed by atoms with Crippen molar-refractivity contribution in [3.8, 4) is 0 Å². The van der Waals surface area contributed by atoms with Crippen LogP contribution in [0.15, 0.2) is 22.8 Å². The minimum absolute atomic E-state index is 0.0279. The van der Waals surface area contributed by atoms with Crippen LogP contribution in [-0.4, -0.2) is 33.9 Å². The molecule has 1 unspecified atom stereocenters. The number of amides is 2. The third kappa shape index (κ3) is 3.23. The first-order valence-corrected chi connectivity index (χ1v) is 9.51. The van der Waals surface area contributed by atoms with E-state index in [9.17, 15) is 4.79 Å². The highest BCUT2D eigenvalue weighted by Crippen LogP contribution is 2.35. The van der Waals surface area contributed by atoms with Crippen LogP contribution in [0.1, 0.15) is 54.9 Å². The largest absolute Gasteiger partial charge is 0.467 e. The fourth-order valence-corrected chi connectivity index (χ4v) is 3.97. The second-order valence-corrected chi connectivity index (χ2v) is 6.93. The maximum absolute atomic E-state index is 12.7. The molecule has 1 atom stereocenters. The minimum Gasteiger partial charge on any atom is -0.467 e. The molecular formula is C19H26N4O3. The molecule has 26 heavy (non-hydrogen) atoms. The Morgan fingerprint density at radius 3 is 3.19 bits per heavy atom. The fraction of sp³-hybridized carbons (Fsp3) is 0.579. The summed E-state index contributed by atoms with van der Waals surface area (Å²) < 4.78 is 13.1. The first-order chi connectivity index (χ1) is 12.8. The Balaban J connectivity index is 1.53. The molecule has 7 heteroatoms. The molecule has 0 spiro atoms. The molecule has 2 aliphatic heterocycles. The molecule has 4 rings (SSSR count). The highest BCUT2D eigenvalue weighted by atomic mass is 16.5. The number of carbonyl (C=O) groups is 1. The summed E-state index contributed by atoms with van der Waals surface area (Å²) in [6, 6.07) is 3.66. The number of ether oxygens (including phenoxy) is 1. The summed E-state index contributed by atoms with van der Waals surface area (Å²) in [5.74, 6) is 0.757. The molecular weight excluding hydrogens is 332 g/mol. The first kappa shape index (κ1) is 17.1. The van der Waals surface area contributed by atoms with E-state index in [0.717, 1.165) is 56.8 Å². The van der Waals surface area contributed by atoms with Crippen molar-refractivity contribution in [2.45, 2.75) is 58.3 Å². The molecule has 2 aromatic heterocycles. The predicted octanol–water partition coefficient (Wildman–Crippen LogP) is 3.01. The lowest BCUT2D eigenvalue weighted by atomic mass is 10.0. The second kappa shape index (κ2) is 7.53. The lowest BCUT2D eigenvalue weighted by Crippen LogP contribution is -2.39. The van der Waals surface area contributed by atoms with E-state index in [2.05, 4.69) is 16.9 Å². The summed E-state index contributed by atoms with van der Waals surface area (Å²) in [6.07, 6.45) is 5.51. The number of fused-ring (bicyclic) bond motifs is 1. The SMILES string of the molecule is CCCn1nc(C2CCCN2C(=O)NCc2ccco2)c2c1CCOC2. The van der Waals surface area contributed by atoms with Crippen LogP contribution in [0.4, 0.5) is 4.79 Å². The number of aromatic nitrogens is 2. The van der Waals surface area contributed by atoms with Crippen molar-refractivity contribution in [1.82, 2.24) is 20.0 Å². The fourth-order valence-electron chi connectivity index (χ4n) is 3.97. The molecule has 1 fully saturated rings. The summed E-state index contributed by atoms with van der Waals surface area (Å²) in [4.78, 5) is 14.6. The maximum atomic E-state index is 12.7. The summed E-state index contributed by atoms with van der Waals surface area (Å²) in [6.45, 7) is 5.59. The van der Waals surface area contributed by atoms with E-state index >= 15 is 0 Å². The van der Waals surface area contributed by atoms with E-state index in [1.54, 1.807) is 6.26 Å². The van der Waals surface area contributed by atoms with E-state index in [0.29, 0.717) is 13.2 Å². The summed E-state index contributed by atoms with van der Waals surface area (Å²) in [5.41, 5.74) is 3.51. The van der Waals surface area contributed by atoms with Gasteiger partial charge in [-0.2, -0.15) is 5.10 Å². The number of aryl methyl sites for hydroxylation is 1. The van der Waals surface area contributed by atoms with Crippen LogP contribution in [0.25, 0.3) is 0 Å². The highest BCUT2D eigenvalue weighted by Gasteiger charge is 2.35. The highest BCUT2D eigenvalue weighted by molar-refractivity contribution is 5.75. The average molecular weight is 358 g/mol. The van der Waals surface area contributed by atoms with Gasteiger partial charge in [0.1, 0.15) is 5.76 Å². The lowest BCUT2D eigenvalue weighted by molar-refractivity contribution is 0.107. The van der Waals surface area contributed by atoms with Crippen molar-refractivity contribution in [2.75, 3.05) is 13.2 Å². The van der Waals surface area contributed by atoms with Crippen molar-refractivity contribution in [3.63, 3.8) is 0 Å².